The number of carboxylic acid groups (broad SMARTS) is 1. The Kier molecular flexibility index (Phi) is 7.80. The topological polar surface area (TPSA) is 81.1 Å². The minimum atomic E-state index is -0.776. The van der Waals surface area contributed by atoms with Gasteiger partial charge >= 0.3 is 5.97 Å². The zero-order chi connectivity index (χ0) is 21.3. The first kappa shape index (κ1) is 21.8. The number of aromatic nitrogens is 2. The fraction of sp³-hybridized carbons (Fsp3) is 0.360. The first-order valence-corrected chi connectivity index (χ1v) is 10.7. The molecule has 3 aromatic rings. The van der Waals surface area contributed by atoms with Crippen LogP contribution in [0.4, 0.5) is 0 Å². The van der Waals surface area contributed by atoms with Crippen molar-refractivity contribution in [1.29, 1.82) is 0 Å². The maximum absolute atomic E-state index is 11.4. The molecule has 5 nitrogen and oxygen atoms in total. The molecule has 30 heavy (non-hydrogen) atoms. The minimum absolute atomic E-state index is 0.421. The van der Waals surface area contributed by atoms with Crippen LogP contribution in [-0.2, 0) is 30.6 Å². The Morgan fingerprint density at radius 1 is 1.07 bits per heavy atom. The summed E-state index contributed by atoms with van der Waals surface area (Å²) in [6.07, 6.45) is 7.47. The molecule has 0 saturated carbocycles. The third kappa shape index (κ3) is 6.04. The van der Waals surface area contributed by atoms with Gasteiger partial charge in [-0.2, -0.15) is 0 Å². The fourth-order valence-corrected chi connectivity index (χ4v) is 3.62. The summed E-state index contributed by atoms with van der Waals surface area (Å²) in [5.74, 6) is -1.20. The third-order valence-electron chi connectivity index (χ3n) is 5.56. The highest BCUT2D eigenvalue weighted by atomic mass is 16.4. The van der Waals surface area contributed by atoms with Gasteiger partial charge in [0.1, 0.15) is 0 Å². The van der Waals surface area contributed by atoms with Crippen LogP contribution in [0.25, 0.3) is 11.1 Å². The van der Waals surface area contributed by atoms with Crippen LogP contribution in [0.5, 0.6) is 0 Å². The van der Waals surface area contributed by atoms with E-state index in [9.17, 15) is 9.90 Å². The van der Waals surface area contributed by atoms with Gasteiger partial charge in [0, 0.05) is 19.2 Å². The molecule has 3 rings (SSSR count). The van der Waals surface area contributed by atoms with Crippen LogP contribution >= 0.6 is 0 Å². The molecule has 158 valence electrons. The first-order valence-electron chi connectivity index (χ1n) is 10.7. The molecule has 0 aliphatic heterocycles. The number of carbonyl (C=O) groups is 1. The monoisotopic (exact) mass is 405 g/mol. The van der Waals surface area contributed by atoms with E-state index < -0.39 is 11.9 Å². The molecule has 5 heteroatoms. The molecule has 1 heterocycles. The lowest BCUT2D eigenvalue weighted by molar-refractivity contribution is -0.142. The Bertz CT molecular complexity index is 930. The van der Waals surface area contributed by atoms with E-state index in [-0.39, 0.29) is 0 Å². The predicted octanol–water partition coefficient (Wildman–Crippen LogP) is 4.34. The number of hydrogen-bond donors (Lipinski definition) is 2. The fourth-order valence-electron chi connectivity index (χ4n) is 3.62. The average Bonchev–Trinajstić information content (AvgIpc) is 3.23. The molecule has 0 saturated heterocycles. The molecular formula is C25H31N3O2. The Hall–Kier alpha value is -2.92. The van der Waals surface area contributed by atoms with E-state index in [2.05, 4.69) is 60.4 Å². The van der Waals surface area contributed by atoms with Crippen LogP contribution in [0.1, 0.15) is 36.6 Å². The number of nitrogens with zero attached hydrogens (tertiary/aromatic N) is 2. The van der Waals surface area contributed by atoms with Crippen LogP contribution in [-0.4, -0.2) is 27.2 Å². The summed E-state index contributed by atoms with van der Waals surface area (Å²) in [4.78, 5) is 15.8. The molecule has 0 fully saturated rings. The van der Waals surface area contributed by atoms with Crippen molar-refractivity contribution in [3.8, 4) is 11.1 Å². The summed E-state index contributed by atoms with van der Waals surface area (Å²) >= 11 is 0. The zero-order valence-corrected chi connectivity index (χ0v) is 17.6. The average molecular weight is 406 g/mol. The lowest BCUT2D eigenvalue weighted by Gasteiger charge is -2.09. The third-order valence-corrected chi connectivity index (χ3v) is 5.56. The van der Waals surface area contributed by atoms with Crippen LogP contribution in [0.2, 0.25) is 0 Å². The van der Waals surface area contributed by atoms with E-state index in [1.54, 1.807) is 6.33 Å². The summed E-state index contributed by atoms with van der Waals surface area (Å²) < 4.78 is 2.04. The van der Waals surface area contributed by atoms with Gasteiger partial charge in [0.25, 0.3) is 0 Å². The summed E-state index contributed by atoms with van der Waals surface area (Å²) in [5, 5.41) is 9.38. The molecule has 3 N–H and O–H groups in total. The van der Waals surface area contributed by atoms with Crippen LogP contribution in [0.3, 0.4) is 0 Å². The Morgan fingerprint density at radius 3 is 2.27 bits per heavy atom. The van der Waals surface area contributed by atoms with Crippen molar-refractivity contribution < 1.29 is 9.90 Å². The standard InChI is InChI=1S/C25H31N3O2/c1-2-19-5-9-21(10-6-19)22-11-7-20(8-12-22)13-15-28-17-24(27-18-28)16-23(25(29)30)4-3-14-26/h5-12,17-18,23H,2-4,13-16,26H2,1H3,(H,29,30). The maximum Gasteiger partial charge on any atom is 0.306 e. The quantitative estimate of drug-likeness (QED) is 0.497. The molecule has 0 aliphatic rings. The number of nitrogens with two attached hydrogens (primary N) is 1. The van der Waals surface area contributed by atoms with E-state index in [0.29, 0.717) is 19.4 Å². The van der Waals surface area contributed by atoms with Crippen molar-refractivity contribution in [2.45, 2.75) is 45.6 Å². The largest absolute Gasteiger partial charge is 0.481 e. The SMILES string of the molecule is CCc1ccc(-c2ccc(CCn3cnc(CC(CCCN)C(=O)O)c3)cc2)cc1. The van der Waals surface area contributed by atoms with Gasteiger partial charge in [-0.3, -0.25) is 4.79 Å². The molecule has 0 radical (unpaired) electrons. The highest BCUT2D eigenvalue weighted by molar-refractivity contribution is 5.70. The molecule has 1 aromatic heterocycles. The van der Waals surface area contributed by atoms with Crippen LogP contribution in [0, 0.1) is 5.92 Å². The van der Waals surface area contributed by atoms with Gasteiger partial charge in [-0.25, -0.2) is 4.98 Å². The molecule has 1 atom stereocenters. The molecular weight excluding hydrogens is 374 g/mol. The van der Waals surface area contributed by atoms with Crippen molar-refractivity contribution in [2.75, 3.05) is 6.54 Å². The highest BCUT2D eigenvalue weighted by Gasteiger charge is 2.18. The second-order valence-electron chi connectivity index (χ2n) is 7.77. The summed E-state index contributed by atoms with van der Waals surface area (Å²) in [7, 11) is 0. The van der Waals surface area contributed by atoms with E-state index in [4.69, 9.17) is 5.73 Å². The molecule has 2 aromatic carbocycles. The smallest absolute Gasteiger partial charge is 0.306 e. The first-order chi connectivity index (χ1) is 14.6. The van der Waals surface area contributed by atoms with Crippen molar-refractivity contribution in [2.24, 2.45) is 11.7 Å². The van der Waals surface area contributed by atoms with Crippen LogP contribution in [0.15, 0.2) is 61.1 Å². The van der Waals surface area contributed by atoms with E-state index >= 15 is 0 Å². The van der Waals surface area contributed by atoms with Crippen molar-refractivity contribution in [1.82, 2.24) is 9.55 Å². The molecule has 0 spiro atoms. The van der Waals surface area contributed by atoms with Gasteiger partial charge in [0.15, 0.2) is 0 Å². The minimum Gasteiger partial charge on any atom is -0.481 e. The van der Waals surface area contributed by atoms with Gasteiger partial charge < -0.3 is 15.4 Å². The molecule has 0 amide bonds. The lowest BCUT2D eigenvalue weighted by atomic mass is 9.98. The highest BCUT2D eigenvalue weighted by Crippen LogP contribution is 2.21. The Labute approximate surface area is 178 Å². The second-order valence-corrected chi connectivity index (χ2v) is 7.77. The van der Waals surface area contributed by atoms with E-state index in [0.717, 1.165) is 31.5 Å². The Balaban J connectivity index is 1.55. The molecule has 0 bridgehead atoms. The number of carboxylic acids is 1. The van der Waals surface area contributed by atoms with Crippen molar-refractivity contribution in [3.05, 3.63) is 77.9 Å². The van der Waals surface area contributed by atoms with E-state index in [1.807, 2.05) is 10.8 Å². The van der Waals surface area contributed by atoms with Crippen LogP contribution < -0.4 is 5.73 Å². The number of hydrogen-bond acceptors (Lipinski definition) is 3. The normalized spacial score (nSPS) is 12.1. The van der Waals surface area contributed by atoms with Gasteiger partial charge in [0.2, 0.25) is 0 Å². The van der Waals surface area contributed by atoms with Crippen molar-refractivity contribution in [3.63, 3.8) is 0 Å². The van der Waals surface area contributed by atoms with Gasteiger partial charge in [0.05, 0.1) is 17.9 Å². The number of benzene rings is 2. The lowest BCUT2D eigenvalue weighted by Crippen LogP contribution is -2.18. The van der Waals surface area contributed by atoms with Gasteiger partial charge in [-0.05, 0) is 54.5 Å². The summed E-state index contributed by atoms with van der Waals surface area (Å²) in [6.45, 7) is 3.50. The summed E-state index contributed by atoms with van der Waals surface area (Å²) in [6, 6.07) is 17.4. The van der Waals surface area contributed by atoms with Gasteiger partial charge in [-0.15, -0.1) is 0 Å². The zero-order valence-electron chi connectivity index (χ0n) is 17.6. The van der Waals surface area contributed by atoms with E-state index in [1.165, 1.54) is 22.3 Å². The number of rotatable bonds is 11. The number of imidazole rings is 1. The Morgan fingerprint density at radius 2 is 1.70 bits per heavy atom. The number of aliphatic carboxylic acids is 1. The molecule has 1 unspecified atom stereocenters. The predicted molar refractivity (Wildman–Crippen MR) is 120 cm³/mol. The molecule has 0 aliphatic carbocycles. The van der Waals surface area contributed by atoms with Crippen molar-refractivity contribution >= 4 is 5.97 Å². The van der Waals surface area contributed by atoms with Gasteiger partial charge in [-0.1, -0.05) is 55.5 Å². The summed E-state index contributed by atoms with van der Waals surface area (Å²) in [5.41, 5.74) is 11.4. The number of aryl methyl sites for hydroxylation is 3. The second kappa shape index (κ2) is 10.7. The maximum atomic E-state index is 11.4.